The van der Waals surface area contributed by atoms with E-state index in [-0.39, 0.29) is 21.4 Å². The second kappa shape index (κ2) is 10.1. The number of carbonyl (C=O) groups is 3. The number of carbonyl (C=O) groups excluding carboxylic acids is 3. The Labute approximate surface area is 219 Å². The van der Waals surface area contributed by atoms with Gasteiger partial charge in [-0.2, -0.15) is 0 Å². The first-order valence-corrected chi connectivity index (χ1v) is 11.9. The number of benzene rings is 3. The van der Waals surface area contributed by atoms with Gasteiger partial charge in [0.15, 0.2) is 0 Å². The zero-order valence-corrected chi connectivity index (χ0v) is 21.7. The summed E-state index contributed by atoms with van der Waals surface area (Å²) in [7, 11) is 0. The van der Waals surface area contributed by atoms with Gasteiger partial charge in [0.05, 0.1) is 21.2 Å². The summed E-state index contributed by atoms with van der Waals surface area (Å²) < 4.78 is 2.07. The summed E-state index contributed by atoms with van der Waals surface area (Å²) in [6, 6.07) is 17.1. The Hall–Kier alpha value is -3.33. The van der Waals surface area contributed by atoms with Crippen molar-refractivity contribution in [2.45, 2.75) is 13.8 Å². The fraction of sp³-hybridized carbons (Fsp3) is 0.0800. The van der Waals surface area contributed by atoms with Crippen molar-refractivity contribution in [1.82, 2.24) is 4.68 Å². The Morgan fingerprint density at radius 1 is 0.857 bits per heavy atom. The summed E-state index contributed by atoms with van der Waals surface area (Å²) in [6.07, 6.45) is 0. The average molecular weight is 574 g/mol. The first-order chi connectivity index (χ1) is 16.6. The molecule has 0 aliphatic rings. The molecular weight excluding hydrogens is 555 g/mol. The highest BCUT2D eigenvalue weighted by Gasteiger charge is 2.22. The molecule has 4 rings (SSSR count). The van der Waals surface area contributed by atoms with Crippen molar-refractivity contribution in [1.29, 1.82) is 0 Å². The molecule has 0 radical (unpaired) electrons. The van der Waals surface area contributed by atoms with Gasteiger partial charge in [0.25, 0.3) is 5.91 Å². The van der Waals surface area contributed by atoms with Gasteiger partial charge in [0.1, 0.15) is 5.69 Å². The number of hydrogen-bond donors (Lipinski definition) is 3. The average Bonchev–Trinajstić information content (AvgIpc) is 3.16. The summed E-state index contributed by atoms with van der Waals surface area (Å²) in [5, 5.41) is 6.30. The molecule has 0 saturated carbocycles. The third kappa shape index (κ3) is 5.35. The predicted molar refractivity (Wildman–Crippen MR) is 143 cm³/mol. The number of aromatic nitrogens is 1. The monoisotopic (exact) mass is 572 g/mol. The van der Waals surface area contributed by atoms with Crippen molar-refractivity contribution in [2.75, 3.05) is 16.1 Å². The Morgan fingerprint density at radius 2 is 1.63 bits per heavy atom. The van der Waals surface area contributed by atoms with Crippen molar-refractivity contribution in [3.63, 3.8) is 0 Å². The van der Waals surface area contributed by atoms with Crippen molar-refractivity contribution in [3.8, 4) is 0 Å². The van der Waals surface area contributed by atoms with Crippen LogP contribution in [0.4, 0.5) is 11.4 Å². The van der Waals surface area contributed by atoms with Crippen LogP contribution in [-0.4, -0.2) is 22.4 Å². The molecule has 35 heavy (non-hydrogen) atoms. The van der Waals surface area contributed by atoms with E-state index in [4.69, 9.17) is 23.2 Å². The summed E-state index contributed by atoms with van der Waals surface area (Å²) >= 11 is 15.5. The van der Waals surface area contributed by atoms with Crippen LogP contribution in [-0.2, 0) is 9.59 Å². The zero-order chi connectivity index (χ0) is 25.3. The smallest absolute Gasteiger partial charge is 0.321 e. The third-order valence-electron chi connectivity index (χ3n) is 5.38. The van der Waals surface area contributed by atoms with Gasteiger partial charge in [-0.15, -0.1) is 0 Å². The fourth-order valence-corrected chi connectivity index (χ4v) is 4.15. The van der Waals surface area contributed by atoms with Crippen molar-refractivity contribution >= 4 is 79.1 Å². The molecule has 10 heteroatoms. The summed E-state index contributed by atoms with van der Waals surface area (Å²) in [4.78, 5) is 38.5. The molecule has 0 aliphatic carbocycles. The normalized spacial score (nSPS) is 10.8. The molecule has 3 N–H and O–H groups in total. The summed E-state index contributed by atoms with van der Waals surface area (Å²) in [5.41, 5.74) is 6.09. The number of nitrogens with one attached hydrogen (secondary N) is 3. The zero-order valence-electron chi connectivity index (χ0n) is 18.6. The van der Waals surface area contributed by atoms with Crippen LogP contribution in [0, 0.1) is 13.8 Å². The molecule has 0 atom stereocenters. The van der Waals surface area contributed by atoms with Crippen LogP contribution in [0.3, 0.4) is 0 Å². The number of aryl methyl sites for hydroxylation is 2. The summed E-state index contributed by atoms with van der Waals surface area (Å²) in [5.74, 6) is -2.44. The van der Waals surface area contributed by atoms with Crippen LogP contribution in [0.2, 0.25) is 10.0 Å². The van der Waals surface area contributed by atoms with Gasteiger partial charge in [-0.1, -0.05) is 51.3 Å². The number of rotatable bonds is 4. The molecule has 0 spiro atoms. The van der Waals surface area contributed by atoms with E-state index in [2.05, 4.69) is 32.0 Å². The van der Waals surface area contributed by atoms with Crippen LogP contribution < -0.4 is 16.1 Å². The lowest BCUT2D eigenvalue weighted by Gasteiger charge is -2.13. The Kier molecular flexibility index (Phi) is 7.16. The standard InChI is InChI=1S/C25H19BrCl2N4O3/c1-13-6-8-17(10-14(13)2)29-23(33)21-12-15-11-16(26)7-9-20(15)32(21)31-25(35)24(34)30-19-5-3-4-18(27)22(19)28/h3-12H,1-2H3,(H,29,33)(H,30,34)(H,31,35). The molecular formula is C25H19BrCl2N4O3. The maximum absolute atomic E-state index is 13.2. The van der Waals surface area contributed by atoms with Crippen LogP contribution >= 0.6 is 39.1 Å². The van der Waals surface area contributed by atoms with E-state index < -0.39 is 17.7 Å². The van der Waals surface area contributed by atoms with Crippen LogP contribution in [0.5, 0.6) is 0 Å². The van der Waals surface area contributed by atoms with Gasteiger partial charge < -0.3 is 10.6 Å². The van der Waals surface area contributed by atoms with Crippen molar-refractivity contribution in [3.05, 3.63) is 92.0 Å². The highest BCUT2D eigenvalue weighted by atomic mass is 79.9. The topological polar surface area (TPSA) is 92.2 Å². The molecule has 178 valence electrons. The van der Waals surface area contributed by atoms with Crippen LogP contribution in [0.1, 0.15) is 21.6 Å². The Bertz CT molecular complexity index is 1500. The van der Waals surface area contributed by atoms with E-state index in [9.17, 15) is 14.4 Å². The molecule has 1 aromatic heterocycles. The molecule has 4 aromatic rings. The maximum atomic E-state index is 13.2. The second-order valence-electron chi connectivity index (χ2n) is 7.82. The van der Waals surface area contributed by atoms with Crippen molar-refractivity contribution in [2.24, 2.45) is 0 Å². The molecule has 0 unspecified atom stereocenters. The van der Waals surface area contributed by atoms with E-state index in [1.807, 2.05) is 26.0 Å². The quantitative estimate of drug-likeness (QED) is 0.251. The SMILES string of the molecule is Cc1ccc(NC(=O)c2cc3cc(Br)ccc3n2NC(=O)C(=O)Nc2cccc(Cl)c2Cl)cc1C. The number of fused-ring (bicyclic) bond motifs is 1. The number of anilines is 2. The van der Waals surface area contributed by atoms with Crippen LogP contribution in [0.25, 0.3) is 10.9 Å². The third-order valence-corrected chi connectivity index (χ3v) is 6.69. The molecule has 1 heterocycles. The number of amides is 3. The maximum Gasteiger partial charge on any atom is 0.328 e. The largest absolute Gasteiger partial charge is 0.328 e. The van der Waals surface area contributed by atoms with Gasteiger partial charge in [0, 0.05) is 15.5 Å². The van der Waals surface area contributed by atoms with E-state index in [1.54, 1.807) is 42.5 Å². The lowest BCUT2D eigenvalue weighted by Crippen LogP contribution is -2.36. The lowest BCUT2D eigenvalue weighted by atomic mass is 10.1. The van der Waals surface area contributed by atoms with Gasteiger partial charge in [-0.3, -0.25) is 19.8 Å². The van der Waals surface area contributed by atoms with Gasteiger partial charge in [-0.25, -0.2) is 4.68 Å². The Morgan fingerprint density at radius 3 is 2.37 bits per heavy atom. The second-order valence-corrected chi connectivity index (χ2v) is 9.52. The highest BCUT2D eigenvalue weighted by molar-refractivity contribution is 9.10. The molecule has 0 saturated heterocycles. The van der Waals surface area contributed by atoms with Crippen molar-refractivity contribution < 1.29 is 14.4 Å². The minimum absolute atomic E-state index is 0.111. The number of nitrogens with zero attached hydrogens (tertiary/aromatic N) is 1. The number of halogens is 3. The molecule has 7 nitrogen and oxygen atoms in total. The molecule has 3 aromatic carbocycles. The van der Waals surface area contributed by atoms with Crippen LogP contribution in [0.15, 0.2) is 65.1 Å². The fourth-order valence-electron chi connectivity index (χ4n) is 3.42. The molecule has 3 amide bonds. The van der Waals surface area contributed by atoms with E-state index in [0.29, 0.717) is 16.6 Å². The molecule has 0 aliphatic heterocycles. The first kappa shape index (κ1) is 24.8. The highest BCUT2D eigenvalue weighted by Crippen LogP contribution is 2.29. The van der Waals surface area contributed by atoms with E-state index in [0.717, 1.165) is 15.6 Å². The minimum Gasteiger partial charge on any atom is -0.321 e. The Balaban J connectivity index is 1.64. The molecule has 0 fully saturated rings. The van der Waals surface area contributed by atoms with E-state index >= 15 is 0 Å². The van der Waals surface area contributed by atoms with Gasteiger partial charge in [-0.05, 0) is 73.5 Å². The lowest BCUT2D eigenvalue weighted by molar-refractivity contribution is -0.133. The van der Waals surface area contributed by atoms with Gasteiger partial charge in [0.2, 0.25) is 0 Å². The molecule has 0 bridgehead atoms. The van der Waals surface area contributed by atoms with E-state index in [1.165, 1.54) is 10.7 Å². The number of hydrogen-bond acceptors (Lipinski definition) is 3. The summed E-state index contributed by atoms with van der Waals surface area (Å²) in [6.45, 7) is 3.93. The minimum atomic E-state index is -0.998. The predicted octanol–water partition coefficient (Wildman–Crippen LogP) is 6.29. The first-order valence-electron chi connectivity index (χ1n) is 10.4. The van der Waals surface area contributed by atoms with Gasteiger partial charge >= 0.3 is 11.8 Å².